The fourth-order valence-corrected chi connectivity index (χ4v) is 3.56. The van der Waals surface area contributed by atoms with Crippen molar-refractivity contribution in [3.63, 3.8) is 0 Å². The topological polar surface area (TPSA) is 108 Å². The van der Waals surface area contributed by atoms with Crippen molar-refractivity contribution in [2.45, 2.75) is 23.6 Å². The van der Waals surface area contributed by atoms with Crippen LogP contribution in [0.5, 0.6) is 0 Å². The van der Waals surface area contributed by atoms with E-state index in [4.69, 9.17) is 5.11 Å². The maximum atomic E-state index is 13.5. The lowest BCUT2D eigenvalue weighted by Gasteiger charge is -2.20. The van der Waals surface area contributed by atoms with Gasteiger partial charge in [-0.2, -0.15) is 4.31 Å². The van der Waals surface area contributed by atoms with Crippen LogP contribution in [0.4, 0.5) is 4.39 Å². The molecule has 7 nitrogen and oxygen atoms in total. The highest BCUT2D eigenvalue weighted by Crippen LogP contribution is 2.26. The Kier molecular flexibility index (Phi) is 3.52. The Hall–Kier alpha value is -1.58. The molecule has 2 N–H and O–H groups in total. The van der Waals surface area contributed by atoms with Gasteiger partial charge in [0, 0.05) is 19.2 Å². The smallest absolute Gasteiger partial charge is 0.322 e. The number of carboxylic acids is 1. The number of aliphatic hydroxyl groups is 1. The first kappa shape index (κ1) is 13.8. The number of rotatable bonds is 3. The Balaban J connectivity index is 2.45. The fraction of sp³-hybridized carbons (Fsp3) is 0.400. The summed E-state index contributed by atoms with van der Waals surface area (Å²) < 4.78 is 38.4. The van der Waals surface area contributed by atoms with Gasteiger partial charge in [0.25, 0.3) is 10.0 Å². The summed E-state index contributed by atoms with van der Waals surface area (Å²) in [5, 5.41) is 17.5. The normalized spacial score (nSPS) is 24.5. The molecule has 2 rings (SSSR count). The molecule has 0 amide bonds. The van der Waals surface area contributed by atoms with Crippen LogP contribution in [0.15, 0.2) is 23.4 Å². The van der Waals surface area contributed by atoms with Crippen molar-refractivity contribution >= 4 is 16.0 Å². The van der Waals surface area contributed by atoms with Crippen molar-refractivity contribution in [1.82, 2.24) is 9.29 Å². The van der Waals surface area contributed by atoms with Crippen LogP contribution in [0.1, 0.15) is 6.42 Å². The average Bonchev–Trinajstić information content (AvgIpc) is 2.72. The molecule has 0 radical (unpaired) electrons. The molecule has 9 heteroatoms. The van der Waals surface area contributed by atoms with E-state index in [-0.39, 0.29) is 6.42 Å². The van der Waals surface area contributed by atoms with Crippen molar-refractivity contribution in [1.29, 1.82) is 0 Å². The van der Waals surface area contributed by atoms with Gasteiger partial charge < -0.3 is 10.2 Å². The first-order valence-electron chi connectivity index (χ1n) is 5.37. The van der Waals surface area contributed by atoms with Crippen molar-refractivity contribution < 1.29 is 27.8 Å². The van der Waals surface area contributed by atoms with E-state index in [1.54, 1.807) is 0 Å². The van der Waals surface area contributed by atoms with Gasteiger partial charge >= 0.3 is 5.97 Å². The van der Waals surface area contributed by atoms with E-state index >= 15 is 0 Å². The number of hydrogen-bond acceptors (Lipinski definition) is 5. The summed E-state index contributed by atoms with van der Waals surface area (Å²) in [7, 11) is -4.39. The highest BCUT2D eigenvalue weighted by Gasteiger charge is 2.44. The third-order valence-electron chi connectivity index (χ3n) is 2.80. The predicted molar refractivity (Wildman–Crippen MR) is 60.1 cm³/mol. The zero-order valence-electron chi connectivity index (χ0n) is 9.60. The van der Waals surface area contributed by atoms with Crippen molar-refractivity contribution in [2.75, 3.05) is 6.54 Å². The maximum absolute atomic E-state index is 13.5. The van der Waals surface area contributed by atoms with Gasteiger partial charge in [-0.1, -0.05) is 0 Å². The molecule has 0 aliphatic carbocycles. The molecule has 1 aliphatic heterocycles. The minimum atomic E-state index is -4.39. The Morgan fingerprint density at radius 3 is 2.79 bits per heavy atom. The second kappa shape index (κ2) is 4.83. The van der Waals surface area contributed by atoms with Gasteiger partial charge in [-0.3, -0.25) is 4.79 Å². The molecule has 2 heterocycles. The molecule has 0 bridgehead atoms. The second-order valence-electron chi connectivity index (χ2n) is 4.11. The van der Waals surface area contributed by atoms with E-state index in [0.29, 0.717) is 4.31 Å². The molecule has 2 atom stereocenters. The number of aliphatic hydroxyl groups excluding tert-OH is 1. The van der Waals surface area contributed by atoms with Gasteiger partial charge in [-0.05, 0) is 12.1 Å². The lowest BCUT2D eigenvalue weighted by molar-refractivity contribution is -0.140. The number of sulfonamides is 1. The number of carboxylic acid groups (broad SMARTS) is 1. The zero-order valence-corrected chi connectivity index (χ0v) is 10.4. The van der Waals surface area contributed by atoms with Gasteiger partial charge in [0.1, 0.15) is 6.04 Å². The molecule has 0 aromatic carbocycles. The van der Waals surface area contributed by atoms with E-state index in [0.717, 1.165) is 12.3 Å². The molecular weight excluding hydrogens is 279 g/mol. The van der Waals surface area contributed by atoms with Gasteiger partial charge in [0.05, 0.1) is 6.10 Å². The number of aromatic nitrogens is 1. The summed E-state index contributed by atoms with van der Waals surface area (Å²) in [6.45, 7) is -0.394. The highest BCUT2D eigenvalue weighted by molar-refractivity contribution is 7.89. The molecule has 104 valence electrons. The Morgan fingerprint density at radius 2 is 2.21 bits per heavy atom. The molecule has 1 saturated heterocycles. The SMILES string of the molecule is O=C(O)C1CC(O)CN1S(=O)(=O)c1ncccc1F. The molecule has 1 aromatic heterocycles. The van der Waals surface area contributed by atoms with E-state index < -0.39 is 45.5 Å². The maximum Gasteiger partial charge on any atom is 0.322 e. The molecule has 1 fully saturated rings. The largest absolute Gasteiger partial charge is 0.480 e. The Labute approximate surface area is 108 Å². The van der Waals surface area contributed by atoms with Crippen LogP contribution >= 0.6 is 0 Å². The van der Waals surface area contributed by atoms with Crippen molar-refractivity contribution in [2.24, 2.45) is 0 Å². The van der Waals surface area contributed by atoms with E-state index in [1.165, 1.54) is 6.07 Å². The third kappa shape index (κ3) is 2.44. The van der Waals surface area contributed by atoms with Crippen LogP contribution in [0.3, 0.4) is 0 Å². The Bertz CT molecular complexity index is 606. The summed E-state index contributed by atoms with van der Waals surface area (Å²) >= 11 is 0. The van der Waals surface area contributed by atoms with Gasteiger partial charge in [0.2, 0.25) is 5.03 Å². The number of halogens is 1. The summed E-state index contributed by atoms with van der Waals surface area (Å²) in [5.74, 6) is -2.45. The van der Waals surface area contributed by atoms with E-state index in [1.807, 2.05) is 0 Å². The third-order valence-corrected chi connectivity index (χ3v) is 4.61. The first-order valence-corrected chi connectivity index (χ1v) is 6.81. The van der Waals surface area contributed by atoms with Crippen LogP contribution in [-0.4, -0.2) is 52.6 Å². The van der Waals surface area contributed by atoms with Crippen LogP contribution in [0, 0.1) is 5.82 Å². The van der Waals surface area contributed by atoms with Crippen LogP contribution in [0.25, 0.3) is 0 Å². The molecule has 2 unspecified atom stereocenters. The van der Waals surface area contributed by atoms with E-state index in [9.17, 15) is 22.7 Å². The number of pyridine rings is 1. The number of β-amino-alcohol motifs (C(OH)–C–C–N with tert-alkyl or cyclic N) is 1. The minimum absolute atomic E-state index is 0.233. The monoisotopic (exact) mass is 290 g/mol. The molecule has 1 aromatic rings. The van der Waals surface area contributed by atoms with Crippen molar-refractivity contribution in [3.8, 4) is 0 Å². The van der Waals surface area contributed by atoms with Crippen LogP contribution in [0.2, 0.25) is 0 Å². The lowest BCUT2D eigenvalue weighted by atomic mass is 10.2. The van der Waals surface area contributed by atoms with Gasteiger partial charge in [-0.25, -0.2) is 17.8 Å². The van der Waals surface area contributed by atoms with Crippen LogP contribution < -0.4 is 0 Å². The van der Waals surface area contributed by atoms with Crippen LogP contribution in [-0.2, 0) is 14.8 Å². The lowest BCUT2D eigenvalue weighted by Crippen LogP contribution is -2.41. The number of nitrogens with zero attached hydrogens (tertiary/aromatic N) is 2. The fourth-order valence-electron chi connectivity index (χ4n) is 1.95. The second-order valence-corrected chi connectivity index (χ2v) is 5.91. The molecule has 0 spiro atoms. The standard InChI is InChI=1S/C10H11FN2O5S/c11-7-2-1-3-12-9(7)19(17,18)13-5-6(14)4-8(13)10(15)16/h1-3,6,8,14H,4-5H2,(H,15,16). The van der Waals surface area contributed by atoms with Gasteiger partial charge in [-0.15, -0.1) is 0 Å². The zero-order chi connectivity index (χ0) is 14.2. The minimum Gasteiger partial charge on any atom is -0.480 e. The van der Waals surface area contributed by atoms with E-state index in [2.05, 4.69) is 4.98 Å². The predicted octanol–water partition coefficient (Wildman–Crippen LogP) is -0.571. The number of aliphatic carboxylic acids is 1. The summed E-state index contributed by atoms with van der Waals surface area (Å²) in [6, 6.07) is 0.728. The Morgan fingerprint density at radius 1 is 1.53 bits per heavy atom. The quantitative estimate of drug-likeness (QED) is 0.772. The molecule has 19 heavy (non-hydrogen) atoms. The molecular formula is C10H11FN2O5S. The molecule has 0 saturated carbocycles. The first-order chi connectivity index (χ1) is 8.84. The number of carbonyl (C=O) groups is 1. The summed E-state index contributed by atoms with van der Waals surface area (Å²) in [4.78, 5) is 14.4. The highest BCUT2D eigenvalue weighted by atomic mass is 32.2. The van der Waals surface area contributed by atoms with Crippen molar-refractivity contribution in [3.05, 3.63) is 24.1 Å². The number of hydrogen-bond donors (Lipinski definition) is 2. The van der Waals surface area contributed by atoms with Gasteiger partial charge in [0.15, 0.2) is 5.82 Å². The summed E-state index contributed by atoms with van der Waals surface area (Å²) in [5.41, 5.74) is 0. The molecule has 1 aliphatic rings. The average molecular weight is 290 g/mol. The summed E-state index contributed by atoms with van der Waals surface area (Å²) in [6.07, 6.45) is -0.232.